The fourth-order valence-corrected chi connectivity index (χ4v) is 3.01. The molecule has 1 aliphatic carbocycles. The number of nitrogens with zero attached hydrogens (tertiary/aromatic N) is 2. The summed E-state index contributed by atoms with van der Waals surface area (Å²) in [4.78, 5) is 7.17. The molecule has 1 heterocycles. The molecule has 0 aromatic carbocycles. The van der Waals surface area contributed by atoms with Crippen molar-refractivity contribution in [2.75, 3.05) is 53.1 Å². The van der Waals surface area contributed by atoms with Gasteiger partial charge in [0.05, 0.1) is 6.61 Å². The first-order valence-electron chi connectivity index (χ1n) is 8.84. The van der Waals surface area contributed by atoms with Crippen LogP contribution in [-0.4, -0.2) is 64.0 Å². The lowest BCUT2D eigenvalue weighted by Gasteiger charge is -2.25. The van der Waals surface area contributed by atoms with Crippen molar-refractivity contribution < 1.29 is 9.47 Å². The summed E-state index contributed by atoms with van der Waals surface area (Å²) in [6.45, 7) is 10.5. The molecule has 0 aromatic heterocycles. The Labute approximate surface area is 158 Å². The molecule has 6 heteroatoms. The first-order valence-corrected chi connectivity index (χ1v) is 8.84. The molecule has 136 valence electrons. The van der Waals surface area contributed by atoms with Crippen molar-refractivity contribution >= 4 is 29.9 Å². The maximum Gasteiger partial charge on any atom is 0.193 e. The van der Waals surface area contributed by atoms with Crippen LogP contribution < -0.4 is 5.32 Å². The Hall–Kier alpha value is -0.0800. The molecule has 0 amide bonds. The van der Waals surface area contributed by atoms with Crippen LogP contribution in [0, 0.1) is 11.3 Å². The third-order valence-corrected chi connectivity index (χ3v) is 4.75. The van der Waals surface area contributed by atoms with Crippen LogP contribution in [-0.2, 0) is 9.47 Å². The summed E-state index contributed by atoms with van der Waals surface area (Å²) in [5.74, 6) is 1.68. The van der Waals surface area contributed by atoms with Gasteiger partial charge in [0.15, 0.2) is 5.96 Å². The van der Waals surface area contributed by atoms with Crippen molar-refractivity contribution in [1.82, 2.24) is 10.2 Å². The van der Waals surface area contributed by atoms with Gasteiger partial charge < -0.3 is 19.7 Å². The van der Waals surface area contributed by atoms with E-state index < -0.39 is 0 Å². The Morgan fingerprint density at radius 2 is 2.17 bits per heavy atom. The normalized spacial score (nSPS) is 22.6. The van der Waals surface area contributed by atoms with E-state index in [1.54, 1.807) is 0 Å². The molecule has 1 atom stereocenters. The van der Waals surface area contributed by atoms with E-state index in [4.69, 9.17) is 14.5 Å². The second-order valence-electron chi connectivity index (χ2n) is 6.73. The highest BCUT2D eigenvalue weighted by atomic mass is 127. The Balaban J connectivity index is 0.00000264. The van der Waals surface area contributed by atoms with Gasteiger partial charge in [-0.1, -0.05) is 0 Å². The van der Waals surface area contributed by atoms with Gasteiger partial charge in [-0.05, 0) is 44.9 Å². The molecular formula is C17H34IN3O2. The predicted molar refractivity (Wildman–Crippen MR) is 106 cm³/mol. The molecule has 2 fully saturated rings. The van der Waals surface area contributed by atoms with Crippen LogP contribution >= 0.6 is 24.0 Å². The second kappa shape index (κ2) is 10.7. The molecule has 0 radical (unpaired) electrons. The number of rotatable bonds is 9. The largest absolute Gasteiger partial charge is 0.382 e. The van der Waals surface area contributed by atoms with Gasteiger partial charge in [0, 0.05) is 52.4 Å². The molecule has 1 N–H and O–H groups in total. The molecular weight excluding hydrogens is 405 g/mol. The van der Waals surface area contributed by atoms with E-state index in [-0.39, 0.29) is 24.0 Å². The molecule has 1 unspecified atom stereocenters. The Kier molecular flexibility index (Phi) is 9.77. The van der Waals surface area contributed by atoms with E-state index in [1.165, 1.54) is 19.3 Å². The lowest BCUT2D eigenvalue weighted by molar-refractivity contribution is 0.129. The summed E-state index contributed by atoms with van der Waals surface area (Å²) in [6, 6.07) is 0. The minimum atomic E-state index is 0. The number of hydrogen-bond donors (Lipinski definition) is 1. The molecule has 2 aliphatic rings. The van der Waals surface area contributed by atoms with Gasteiger partial charge in [-0.2, -0.15) is 0 Å². The van der Waals surface area contributed by atoms with Gasteiger partial charge in [0.2, 0.25) is 0 Å². The average Bonchev–Trinajstić information content (AvgIpc) is 3.09. The number of hydrogen-bond acceptors (Lipinski definition) is 3. The fourth-order valence-electron chi connectivity index (χ4n) is 3.01. The summed E-state index contributed by atoms with van der Waals surface area (Å²) in [7, 11) is 2.14. The molecule has 1 aliphatic heterocycles. The highest BCUT2D eigenvalue weighted by molar-refractivity contribution is 14.0. The predicted octanol–water partition coefficient (Wildman–Crippen LogP) is 2.75. The van der Waals surface area contributed by atoms with Crippen molar-refractivity contribution in [3.8, 4) is 0 Å². The molecule has 2 rings (SSSR count). The van der Waals surface area contributed by atoms with Crippen LogP contribution in [0.4, 0.5) is 0 Å². The van der Waals surface area contributed by atoms with Gasteiger partial charge in [0.1, 0.15) is 0 Å². The monoisotopic (exact) mass is 439 g/mol. The standard InChI is InChI=1S/C17H33N3O2.HI/c1-4-18-16(20(3)12-15-6-10-22-13-15)19-14-17(7-8-17)9-11-21-5-2;/h15H,4-14H2,1-3H3,(H,18,19);1H. The SMILES string of the molecule is CCNC(=NCC1(CCOCC)CC1)N(C)CC1CCOC1.I. The third-order valence-electron chi connectivity index (χ3n) is 4.75. The highest BCUT2D eigenvalue weighted by Gasteiger charge is 2.42. The number of nitrogens with one attached hydrogen (secondary N) is 1. The van der Waals surface area contributed by atoms with E-state index in [1.807, 2.05) is 0 Å². The van der Waals surface area contributed by atoms with Crippen molar-refractivity contribution in [2.45, 2.75) is 39.5 Å². The minimum absolute atomic E-state index is 0. The van der Waals surface area contributed by atoms with Crippen LogP contribution in [0.25, 0.3) is 0 Å². The summed E-state index contributed by atoms with van der Waals surface area (Å²) in [5.41, 5.74) is 0.410. The summed E-state index contributed by atoms with van der Waals surface area (Å²) >= 11 is 0. The molecule has 1 saturated carbocycles. The van der Waals surface area contributed by atoms with Crippen molar-refractivity contribution in [2.24, 2.45) is 16.3 Å². The zero-order valence-electron chi connectivity index (χ0n) is 15.0. The van der Waals surface area contributed by atoms with Crippen LogP contribution in [0.15, 0.2) is 4.99 Å². The Morgan fingerprint density at radius 3 is 2.74 bits per heavy atom. The minimum Gasteiger partial charge on any atom is -0.382 e. The zero-order valence-corrected chi connectivity index (χ0v) is 17.3. The lowest BCUT2D eigenvalue weighted by Crippen LogP contribution is -2.41. The van der Waals surface area contributed by atoms with Gasteiger partial charge in [-0.3, -0.25) is 4.99 Å². The van der Waals surface area contributed by atoms with Crippen molar-refractivity contribution in [1.29, 1.82) is 0 Å². The number of guanidine groups is 1. The molecule has 23 heavy (non-hydrogen) atoms. The van der Waals surface area contributed by atoms with Crippen LogP contribution in [0.2, 0.25) is 0 Å². The number of halogens is 1. The van der Waals surface area contributed by atoms with Crippen LogP contribution in [0.1, 0.15) is 39.5 Å². The topological polar surface area (TPSA) is 46.1 Å². The van der Waals surface area contributed by atoms with Crippen molar-refractivity contribution in [3.05, 3.63) is 0 Å². The smallest absolute Gasteiger partial charge is 0.193 e. The quantitative estimate of drug-likeness (QED) is 0.260. The summed E-state index contributed by atoms with van der Waals surface area (Å²) in [5, 5.41) is 3.43. The molecule has 0 bridgehead atoms. The first-order chi connectivity index (χ1) is 10.7. The Bertz CT molecular complexity index is 356. The number of ether oxygens (including phenoxy) is 2. The maximum atomic E-state index is 5.51. The molecule has 1 saturated heterocycles. The van der Waals surface area contributed by atoms with Crippen LogP contribution in [0.3, 0.4) is 0 Å². The zero-order chi connectivity index (χ0) is 15.8. The van der Waals surface area contributed by atoms with Gasteiger partial charge >= 0.3 is 0 Å². The van der Waals surface area contributed by atoms with E-state index in [0.29, 0.717) is 11.3 Å². The second-order valence-corrected chi connectivity index (χ2v) is 6.73. The van der Waals surface area contributed by atoms with E-state index in [9.17, 15) is 0 Å². The van der Waals surface area contributed by atoms with Gasteiger partial charge in [-0.25, -0.2) is 0 Å². The summed E-state index contributed by atoms with van der Waals surface area (Å²) < 4.78 is 11.0. The lowest BCUT2D eigenvalue weighted by atomic mass is 10.0. The Morgan fingerprint density at radius 1 is 1.39 bits per heavy atom. The summed E-state index contributed by atoms with van der Waals surface area (Å²) in [6.07, 6.45) is 4.90. The third kappa shape index (κ3) is 7.13. The maximum absolute atomic E-state index is 5.51. The molecule has 5 nitrogen and oxygen atoms in total. The molecule has 0 spiro atoms. The highest BCUT2D eigenvalue weighted by Crippen LogP contribution is 2.49. The van der Waals surface area contributed by atoms with Crippen molar-refractivity contribution in [3.63, 3.8) is 0 Å². The van der Waals surface area contributed by atoms with Gasteiger partial charge in [0.25, 0.3) is 0 Å². The number of aliphatic imine (C=N–C) groups is 1. The first kappa shape index (κ1) is 21.0. The van der Waals surface area contributed by atoms with Gasteiger partial charge in [-0.15, -0.1) is 24.0 Å². The average molecular weight is 439 g/mol. The van der Waals surface area contributed by atoms with E-state index >= 15 is 0 Å². The van der Waals surface area contributed by atoms with E-state index in [0.717, 1.165) is 58.4 Å². The fraction of sp³-hybridized carbons (Fsp3) is 0.941. The van der Waals surface area contributed by atoms with E-state index in [2.05, 4.69) is 31.1 Å². The molecule has 0 aromatic rings. The van der Waals surface area contributed by atoms with Crippen LogP contribution in [0.5, 0.6) is 0 Å².